The molecule has 0 saturated heterocycles. The Bertz CT molecular complexity index is 600. The van der Waals surface area contributed by atoms with Crippen molar-refractivity contribution in [3.8, 4) is 5.69 Å². The van der Waals surface area contributed by atoms with Gasteiger partial charge in [0.15, 0.2) is 0 Å². The zero-order valence-electron chi connectivity index (χ0n) is 10.7. The minimum absolute atomic E-state index is 0.0479. The third-order valence-corrected chi connectivity index (χ3v) is 3.26. The minimum atomic E-state index is -4.47. The van der Waals surface area contributed by atoms with Crippen molar-refractivity contribution in [2.45, 2.75) is 19.5 Å². The van der Waals surface area contributed by atoms with E-state index in [-0.39, 0.29) is 5.69 Å². The second-order valence-electron chi connectivity index (χ2n) is 4.39. The molecule has 7 heteroatoms. The summed E-state index contributed by atoms with van der Waals surface area (Å²) >= 11 is 5.85. The predicted molar refractivity (Wildman–Crippen MR) is 71.1 cm³/mol. The smallest absolute Gasteiger partial charge is 0.330 e. The van der Waals surface area contributed by atoms with Crippen LogP contribution in [0.5, 0.6) is 0 Å². The van der Waals surface area contributed by atoms with Gasteiger partial charge in [-0.15, -0.1) is 0 Å². The lowest BCUT2D eigenvalue weighted by Gasteiger charge is -2.14. The third-order valence-electron chi connectivity index (χ3n) is 2.89. The molecule has 1 heterocycles. The first kappa shape index (κ1) is 14.9. The lowest BCUT2D eigenvalue weighted by atomic mass is 10.1. The minimum Gasteiger partial charge on any atom is -0.330 e. The van der Waals surface area contributed by atoms with Gasteiger partial charge in [0, 0.05) is 6.20 Å². The number of halogens is 4. The van der Waals surface area contributed by atoms with Crippen LogP contribution < -0.4 is 5.73 Å². The number of hydrogen-bond donors (Lipinski definition) is 1. The van der Waals surface area contributed by atoms with Gasteiger partial charge in [-0.1, -0.05) is 17.7 Å². The summed E-state index contributed by atoms with van der Waals surface area (Å²) in [6.45, 7) is 1.93. The van der Waals surface area contributed by atoms with Crippen LogP contribution in [-0.2, 0) is 12.6 Å². The van der Waals surface area contributed by atoms with Crippen molar-refractivity contribution in [3.63, 3.8) is 0 Å². The number of hydrogen-bond acceptors (Lipinski definition) is 2. The zero-order chi connectivity index (χ0) is 14.9. The Hall–Kier alpha value is -1.53. The fourth-order valence-corrected chi connectivity index (χ4v) is 2.02. The lowest BCUT2D eigenvalue weighted by molar-refractivity contribution is -0.137. The van der Waals surface area contributed by atoms with Gasteiger partial charge in [-0.25, -0.2) is 4.68 Å². The fraction of sp³-hybridized carbons (Fsp3) is 0.308. The van der Waals surface area contributed by atoms with Gasteiger partial charge in [0.2, 0.25) is 0 Å². The quantitative estimate of drug-likeness (QED) is 0.945. The Balaban J connectivity index is 2.57. The van der Waals surface area contributed by atoms with E-state index in [1.807, 2.05) is 0 Å². The van der Waals surface area contributed by atoms with E-state index in [9.17, 15) is 13.2 Å². The van der Waals surface area contributed by atoms with Crippen molar-refractivity contribution < 1.29 is 13.2 Å². The molecule has 108 valence electrons. The van der Waals surface area contributed by atoms with Crippen molar-refractivity contribution in [2.24, 2.45) is 5.73 Å². The Morgan fingerprint density at radius 3 is 2.55 bits per heavy atom. The largest absolute Gasteiger partial charge is 0.418 e. The molecule has 1 aromatic carbocycles. The molecular weight excluding hydrogens is 291 g/mol. The molecule has 0 radical (unpaired) electrons. The number of nitrogens with two attached hydrogens (primary N) is 1. The fourth-order valence-electron chi connectivity index (χ4n) is 1.89. The van der Waals surface area contributed by atoms with Crippen molar-refractivity contribution >= 4 is 11.6 Å². The first-order valence-electron chi connectivity index (χ1n) is 5.95. The SMILES string of the molecule is Cc1nn(-c2ccc(CCN)cc2C(F)(F)F)cc1Cl. The Morgan fingerprint density at radius 2 is 2.05 bits per heavy atom. The molecule has 0 aliphatic rings. The molecule has 0 unspecified atom stereocenters. The summed E-state index contributed by atoms with van der Waals surface area (Å²) < 4.78 is 40.6. The highest BCUT2D eigenvalue weighted by atomic mass is 35.5. The van der Waals surface area contributed by atoms with Crippen molar-refractivity contribution in [1.82, 2.24) is 9.78 Å². The van der Waals surface area contributed by atoms with E-state index in [2.05, 4.69) is 5.10 Å². The predicted octanol–water partition coefficient (Wildman–Crippen LogP) is 3.35. The van der Waals surface area contributed by atoms with Gasteiger partial charge in [0.25, 0.3) is 0 Å². The molecule has 20 heavy (non-hydrogen) atoms. The first-order chi connectivity index (χ1) is 9.32. The molecule has 2 rings (SSSR count). The van der Waals surface area contributed by atoms with E-state index in [0.29, 0.717) is 29.2 Å². The maximum Gasteiger partial charge on any atom is 0.418 e. The van der Waals surface area contributed by atoms with Crippen LogP contribution in [0.15, 0.2) is 24.4 Å². The second kappa shape index (κ2) is 5.46. The number of nitrogens with zero attached hydrogens (tertiary/aromatic N) is 2. The number of aromatic nitrogens is 2. The monoisotopic (exact) mass is 303 g/mol. The van der Waals surface area contributed by atoms with Crippen LogP contribution in [0, 0.1) is 6.92 Å². The van der Waals surface area contributed by atoms with Crippen LogP contribution in [0.1, 0.15) is 16.8 Å². The number of alkyl halides is 3. The molecule has 0 atom stereocenters. The van der Waals surface area contributed by atoms with E-state index in [0.717, 1.165) is 10.7 Å². The summed E-state index contributed by atoms with van der Waals surface area (Å²) in [5, 5.41) is 4.31. The Morgan fingerprint density at radius 1 is 1.35 bits per heavy atom. The molecule has 2 aromatic rings. The highest BCUT2D eigenvalue weighted by Gasteiger charge is 2.34. The topological polar surface area (TPSA) is 43.8 Å². The van der Waals surface area contributed by atoms with Gasteiger partial charge in [-0.3, -0.25) is 0 Å². The van der Waals surface area contributed by atoms with Crippen LogP contribution in [0.4, 0.5) is 13.2 Å². The molecule has 0 bridgehead atoms. The molecule has 3 nitrogen and oxygen atoms in total. The Labute approximate surface area is 119 Å². The maximum absolute atomic E-state index is 13.2. The van der Waals surface area contributed by atoms with E-state index in [4.69, 9.17) is 17.3 Å². The molecule has 0 aliphatic carbocycles. The summed E-state index contributed by atoms with van der Waals surface area (Å²) in [6.07, 6.45) is -2.71. The zero-order valence-corrected chi connectivity index (χ0v) is 11.5. The highest BCUT2D eigenvalue weighted by Crippen LogP contribution is 2.35. The van der Waals surface area contributed by atoms with Gasteiger partial charge in [-0.2, -0.15) is 18.3 Å². The number of rotatable bonds is 3. The Kier molecular flexibility index (Phi) is 4.06. The van der Waals surface area contributed by atoms with Crippen molar-refractivity contribution in [3.05, 3.63) is 46.2 Å². The summed E-state index contributed by atoms with van der Waals surface area (Å²) in [5.41, 5.74) is 5.60. The number of aryl methyl sites for hydroxylation is 1. The second-order valence-corrected chi connectivity index (χ2v) is 4.80. The third kappa shape index (κ3) is 2.96. The van der Waals surface area contributed by atoms with Gasteiger partial charge in [-0.05, 0) is 37.6 Å². The van der Waals surface area contributed by atoms with Crippen LogP contribution >= 0.6 is 11.6 Å². The van der Waals surface area contributed by atoms with Crippen LogP contribution in [0.2, 0.25) is 5.02 Å². The van der Waals surface area contributed by atoms with Gasteiger partial charge in [0.1, 0.15) is 0 Å². The lowest BCUT2D eigenvalue weighted by Crippen LogP contribution is -2.13. The molecule has 0 saturated carbocycles. The van der Waals surface area contributed by atoms with Crippen LogP contribution in [0.3, 0.4) is 0 Å². The van der Waals surface area contributed by atoms with Crippen LogP contribution in [0.25, 0.3) is 5.69 Å². The van der Waals surface area contributed by atoms with Gasteiger partial charge in [0.05, 0.1) is 22.0 Å². The molecule has 0 fully saturated rings. The summed E-state index contributed by atoms with van der Waals surface area (Å²) in [5.74, 6) is 0. The van der Waals surface area contributed by atoms with E-state index >= 15 is 0 Å². The molecule has 0 aliphatic heterocycles. The molecular formula is C13H13ClF3N3. The van der Waals surface area contributed by atoms with E-state index in [1.165, 1.54) is 12.3 Å². The average molecular weight is 304 g/mol. The molecule has 0 amide bonds. The maximum atomic E-state index is 13.2. The normalized spacial score (nSPS) is 11.9. The summed E-state index contributed by atoms with van der Waals surface area (Å²) in [4.78, 5) is 0. The van der Waals surface area contributed by atoms with Crippen LogP contribution in [-0.4, -0.2) is 16.3 Å². The number of benzene rings is 1. The molecule has 0 spiro atoms. The highest BCUT2D eigenvalue weighted by molar-refractivity contribution is 6.31. The first-order valence-corrected chi connectivity index (χ1v) is 6.33. The summed E-state index contributed by atoms with van der Waals surface area (Å²) in [7, 11) is 0. The molecule has 2 N–H and O–H groups in total. The average Bonchev–Trinajstić information content (AvgIpc) is 2.69. The van der Waals surface area contributed by atoms with Gasteiger partial charge >= 0.3 is 6.18 Å². The van der Waals surface area contributed by atoms with E-state index in [1.54, 1.807) is 13.0 Å². The van der Waals surface area contributed by atoms with Crippen molar-refractivity contribution in [2.75, 3.05) is 6.54 Å². The molecule has 1 aromatic heterocycles. The standard InChI is InChI=1S/C13H13ClF3N3/c1-8-11(14)7-20(19-8)12-3-2-9(4-5-18)6-10(12)13(15,16)17/h2-3,6-7H,4-5,18H2,1H3. The van der Waals surface area contributed by atoms with Gasteiger partial charge < -0.3 is 5.73 Å². The summed E-state index contributed by atoms with van der Waals surface area (Å²) in [6, 6.07) is 4.10. The van der Waals surface area contributed by atoms with E-state index < -0.39 is 11.7 Å². The van der Waals surface area contributed by atoms with Crippen molar-refractivity contribution in [1.29, 1.82) is 0 Å².